The number of esters is 1. The average Bonchev–Trinajstić information content (AvgIpc) is 2.49. The zero-order valence-electron chi connectivity index (χ0n) is 13.9. The zero-order chi connectivity index (χ0) is 16.4. The molecule has 0 heterocycles. The number of rotatable bonds is 10. The molecule has 5 nitrogen and oxygen atoms in total. The molecule has 0 amide bonds. The van der Waals surface area contributed by atoms with E-state index in [1.54, 1.807) is 0 Å². The molecule has 0 bridgehead atoms. The summed E-state index contributed by atoms with van der Waals surface area (Å²) in [6.07, 6.45) is 6.00. The van der Waals surface area contributed by atoms with Gasteiger partial charge in [-0.1, -0.05) is 33.1 Å². The molecule has 0 aromatic heterocycles. The summed E-state index contributed by atoms with van der Waals surface area (Å²) in [5.41, 5.74) is 0. The second-order valence-electron chi connectivity index (χ2n) is 6.57. The van der Waals surface area contributed by atoms with Crippen molar-refractivity contribution in [2.45, 2.75) is 58.8 Å². The predicted octanol–water partition coefficient (Wildman–Crippen LogP) is 3.26. The van der Waals surface area contributed by atoms with Crippen LogP contribution in [0, 0.1) is 17.8 Å². The van der Waals surface area contributed by atoms with Gasteiger partial charge in [-0.3, -0.25) is 9.59 Å². The van der Waals surface area contributed by atoms with Crippen LogP contribution in [0.25, 0.3) is 0 Å². The van der Waals surface area contributed by atoms with Crippen LogP contribution in [0.4, 0.5) is 0 Å². The van der Waals surface area contributed by atoms with Gasteiger partial charge in [0.25, 0.3) is 0 Å². The Balaban J connectivity index is 2.04. The molecule has 1 N–H and O–H groups in total. The fraction of sp³-hybridized carbons (Fsp3) is 0.882. The Labute approximate surface area is 133 Å². The lowest BCUT2D eigenvalue weighted by Gasteiger charge is -2.24. The molecule has 0 aromatic carbocycles. The number of unbranched alkanes of at least 4 members (excludes halogenated alkanes) is 1. The van der Waals surface area contributed by atoms with E-state index in [4.69, 9.17) is 14.6 Å². The monoisotopic (exact) mass is 314 g/mol. The van der Waals surface area contributed by atoms with Crippen molar-refractivity contribution in [2.75, 3.05) is 19.8 Å². The van der Waals surface area contributed by atoms with Crippen LogP contribution in [0.1, 0.15) is 58.8 Å². The molecule has 128 valence electrons. The maximum atomic E-state index is 11.9. The lowest BCUT2D eigenvalue weighted by atomic mass is 9.81. The van der Waals surface area contributed by atoms with E-state index in [0.717, 1.165) is 31.6 Å². The predicted molar refractivity (Wildman–Crippen MR) is 83.6 cm³/mol. The summed E-state index contributed by atoms with van der Waals surface area (Å²) in [6, 6.07) is 0. The molecule has 0 spiro atoms. The van der Waals surface area contributed by atoms with E-state index < -0.39 is 11.9 Å². The Bertz CT molecular complexity index is 340. The Hall–Kier alpha value is -1.10. The van der Waals surface area contributed by atoms with Gasteiger partial charge >= 0.3 is 11.9 Å². The van der Waals surface area contributed by atoms with Gasteiger partial charge in [-0.05, 0) is 31.6 Å². The molecule has 2 atom stereocenters. The highest BCUT2D eigenvalue weighted by molar-refractivity contribution is 5.75. The van der Waals surface area contributed by atoms with E-state index >= 15 is 0 Å². The Morgan fingerprint density at radius 2 is 1.82 bits per heavy atom. The van der Waals surface area contributed by atoms with E-state index in [1.165, 1.54) is 6.42 Å². The minimum Gasteiger partial charge on any atom is -0.481 e. The van der Waals surface area contributed by atoms with Gasteiger partial charge in [-0.2, -0.15) is 0 Å². The summed E-state index contributed by atoms with van der Waals surface area (Å²) in [7, 11) is 0. The van der Waals surface area contributed by atoms with Crippen LogP contribution in [0.15, 0.2) is 0 Å². The lowest BCUT2D eigenvalue weighted by molar-refractivity contribution is -0.153. The number of ether oxygens (including phenoxy) is 2. The number of carbonyl (C=O) groups excluding carboxylic acids is 1. The van der Waals surface area contributed by atoms with Gasteiger partial charge in [0, 0.05) is 6.61 Å². The van der Waals surface area contributed by atoms with Crippen molar-refractivity contribution in [3.05, 3.63) is 0 Å². The van der Waals surface area contributed by atoms with Crippen LogP contribution >= 0.6 is 0 Å². The molecular weight excluding hydrogens is 284 g/mol. The van der Waals surface area contributed by atoms with Crippen LogP contribution in [0.5, 0.6) is 0 Å². The van der Waals surface area contributed by atoms with E-state index in [0.29, 0.717) is 26.1 Å². The summed E-state index contributed by atoms with van der Waals surface area (Å²) in [4.78, 5) is 22.9. The molecular formula is C17H30O5. The maximum Gasteiger partial charge on any atom is 0.309 e. The van der Waals surface area contributed by atoms with Crippen molar-refractivity contribution in [1.82, 2.24) is 0 Å². The number of hydrogen-bond acceptors (Lipinski definition) is 4. The average molecular weight is 314 g/mol. The Kier molecular flexibility index (Phi) is 9.13. The maximum absolute atomic E-state index is 11.9. The third kappa shape index (κ3) is 7.78. The third-order valence-electron chi connectivity index (χ3n) is 4.15. The number of hydrogen-bond donors (Lipinski definition) is 1. The molecule has 2 unspecified atom stereocenters. The minimum atomic E-state index is -0.803. The minimum absolute atomic E-state index is 0.261. The van der Waals surface area contributed by atoms with Gasteiger partial charge in [0.2, 0.25) is 0 Å². The normalized spacial score (nSPS) is 21.8. The first kappa shape index (κ1) is 18.9. The number of carboxylic acid groups (broad SMARTS) is 1. The van der Waals surface area contributed by atoms with E-state index in [1.807, 2.05) is 0 Å². The summed E-state index contributed by atoms with van der Waals surface area (Å²) >= 11 is 0. The molecule has 1 saturated carbocycles. The highest BCUT2D eigenvalue weighted by Crippen LogP contribution is 2.29. The molecule has 0 radical (unpaired) electrons. The van der Waals surface area contributed by atoms with Gasteiger partial charge < -0.3 is 14.6 Å². The van der Waals surface area contributed by atoms with E-state index in [9.17, 15) is 9.59 Å². The standard InChI is InChI=1S/C17H30O5/c1-13(2)6-3-4-9-21-10-11-22-17(20)15-8-5-7-14(12-15)16(18)19/h13-15H,3-12H2,1-2H3,(H,18,19). The van der Waals surface area contributed by atoms with E-state index in [-0.39, 0.29) is 18.5 Å². The topological polar surface area (TPSA) is 72.8 Å². The number of aliphatic carboxylic acids is 1. The van der Waals surface area contributed by atoms with Crippen LogP contribution in [-0.4, -0.2) is 36.9 Å². The fourth-order valence-electron chi connectivity index (χ4n) is 2.81. The highest BCUT2D eigenvalue weighted by atomic mass is 16.6. The van der Waals surface area contributed by atoms with Gasteiger partial charge in [-0.25, -0.2) is 0 Å². The highest BCUT2D eigenvalue weighted by Gasteiger charge is 2.31. The summed E-state index contributed by atoms with van der Waals surface area (Å²) in [6.45, 7) is 5.80. The molecule has 5 heteroatoms. The van der Waals surface area contributed by atoms with Crippen LogP contribution in [0.3, 0.4) is 0 Å². The molecule has 1 rings (SSSR count). The molecule has 1 fully saturated rings. The molecule has 0 saturated heterocycles. The fourth-order valence-corrected chi connectivity index (χ4v) is 2.81. The van der Waals surface area contributed by atoms with Crippen LogP contribution in [-0.2, 0) is 19.1 Å². The Morgan fingerprint density at radius 3 is 2.50 bits per heavy atom. The molecule has 0 aliphatic heterocycles. The summed E-state index contributed by atoms with van der Waals surface area (Å²) in [5.74, 6) is -1.01. The lowest BCUT2D eigenvalue weighted by Crippen LogP contribution is -2.29. The third-order valence-corrected chi connectivity index (χ3v) is 4.15. The van der Waals surface area contributed by atoms with Gasteiger partial charge in [-0.15, -0.1) is 0 Å². The largest absolute Gasteiger partial charge is 0.481 e. The van der Waals surface area contributed by atoms with Crippen molar-refractivity contribution in [1.29, 1.82) is 0 Å². The number of carboxylic acids is 1. The SMILES string of the molecule is CC(C)CCCCOCCOC(=O)C1CCCC(C(=O)O)C1. The Morgan fingerprint density at radius 1 is 1.09 bits per heavy atom. The molecule has 22 heavy (non-hydrogen) atoms. The first-order valence-electron chi connectivity index (χ1n) is 8.48. The second-order valence-corrected chi connectivity index (χ2v) is 6.57. The van der Waals surface area contributed by atoms with Crippen LogP contribution < -0.4 is 0 Å². The van der Waals surface area contributed by atoms with Gasteiger partial charge in [0.05, 0.1) is 18.4 Å². The molecule has 1 aliphatic rings. The zero-order valence-corrected chi connectivity index (χ0v) is 13.9. The van der Waals surface area contributed by atoms with Crippen molar-refractivity contribution in [2.24, 2.45) is 17.8 Å². The van der Waals surface area contributed by atoms with Crippen molar-refractivity contribution < 1.29 is 24.2 Å². The van der Waals surface area contributed by atoms with Crippen molar-refractivity contribution >= 4 is 11.9 Å². The van der Waals surface area contributed by atoms with Crippen molar-refractivity contribution in [3.8, 4) is 0 Å². The first-order valence-corrected chi connectivity index (χ1v) is 8.48. The molecule has 1 aliphatic carbocycles. The summed E-state index contributed by atoms with van der Waals surface area (Å²) < 4.78 is 10.6. The second kappa shape index (κ2) is 10.6. The quantitative estimate of drug-likeness (QED) is 0.495. The van der Waals surface area contributed by atoms with Gasteiger partial charge in [0.15, 0.2) is 0 Å². The van der Waals surface area contributed by atoms with E-state index in [2.05, 4.69) is 13.8 Å². The van der Waals surface area contributed by atoms with Gasteiger partial charge in [0.1, 0.15) is 6.61 Å². The van der Waals surface area contributed by atoms with Crippen LogP contribution in [0.2, 0.25) is 0 Å². The first-order chi connectivity index (χ1) is 10.5. The molecule has 0 aromatic rings. The smallest absolute Gasteiger partial charge is 0.309 e. The number of carbonyl (C=O) groups is 2. The van der Waals surface area contributed by atoms with Crippen molar-refractivity contribution in [3.63, 3.8) is 0 Å². The summed E-state index contributed by atoms with van der Waals surface area (Å²) in [5, 5.41) is 9.02.